The first-order valence-electron chi connectivity index (χ1n) is 5.75. The lowest BCUT2D eigenvalue weighted by molar-refractivity contribution is -0.00000507. The normalized spacial score (nSPS) is 10.9. The minimum absolute atomic E-state index is 0. The number of ether oxygens (including phenoxy) is 1. The van der Waals surface area contributed by atoms with Crippen LogP contribution < -0.4 is 22.5 Å². The highest BCUT2D eigenvalue weighted by molar-refractivity contribution is 6.32. The molecule has 0 amide bonds. The van der Waals surface area contributed by atoms with Gasteiger partial charge in [0.1, 0.15) is 5.75 Å². The summed E-state index contributed by atoms with van der Waals surface area (Å²) in [6, 6.07) is 5.72. The van der Waals surface area contributed by atoms with Crippen molar-refractivity contribution in [1.82, 2.24) is 5.32 Å². The van der Waals surface area contributed by atoms with Crippen LogP contribution in [0.25, 0.3) is 0 Å². The summed E-state index contributed by atoms with van der Waals surface area (Å²) in [6.45, 7) is 7.19. The van der Waals surface area contributed by atoms with Gasteiger partial charge in [0.2, 0.25) is 0 Å². The standard InChI is InChI=1S/C13H20ClNO2.ClH/c1-4-17-12-6-5-10(7-11(12)14)8-15-13(2,3)9-16;/h5-7,15-16H,4,8-9H2,1-3H3;1H/p-1. The van der Waals surface area contributed by atoms with Crippen molar-refractivity contribution in [2.75, 3.05) is 13.2 Å². The Balaban J connectivity index is 0.00000289. The van der Waals surface area contributed by atoms with E-state index in [-0.39, 0.29) is 24.6 Å². The summed E-state index contributed by atoms with van der Waals surface area (Å²) < 4.78 is 5.37. The van der Waals surface area contributed by atoms with Crippen molar-refractivity contribution in [3.05, 3.63) is 28.8 Å². The summed E-state index contributed by atoms with van der Waals surface area (Å²) >= 11 is 6.09. The van der Waals surface area contributed by atoms with Crippen molar-refractivity contribution in [2.24, 2.45) is 0 Å². The first kappa shape index (κ1) is 17.5. The quantitative estimate of drug-likeness (QED) is 0.750. The van der Waals surface area contributed by atoms with Crippen LogP contribution in [0.2, 0.25) is 5.02 Å². The van der Waals surface area contributed by atoms with E-state index in [0.717, 1.165) is 5.56 Å². The van der Waals surface area contributed by atoms with E-state index < -0.39 is 0 Å². The highest BCUT2D eigenvalue weighted by Gasteiger charge is 2.15. The molecule has 0 saturated carbocycles. The molecule has 0 aliphatic heterocycles. The molecule has 0 saturated heterocycles. The molecule has 1 aromatic carbocycles. The van der Waals surface area contributed by atoms with Gasteiger partial charge < -0.3 is 27.6 Å². The summed E-state index contributed by atoms with van der Waals surface area (Å²) in [4.78, 5) is 0. The Morgan fingerprint density at radius 2 is 2.06 bits per heavy atom. The van der Waals surface area contributed by atoms with Crippen molar-refractivity contribution in [1.29, 1.82) is 0 Å². The largest absolute Gasteiger partial charge is 1.00 e. The Labute approximate surface area is 120 Å². The Kier molecular flexibility index (Phi) is 7.64. The summed E-state index contributed by atoms with van der Waals surface area (Å²) in [7, 11) is 0. The molecule has 0 heterocycles. The van der Waals surface area contributed by atoms with Crippen LogP contribution in [-0.2, 0) is 6.54 Å². The van der Waals surface area contributed by atoms with Gasteiger partial charge in [-0.15, -0.1) is 0 Å². The Morgan fingerprint density at radius 1 is 1.39 bits per heavy atom. The second kappa shape index (κ2) is 7.85. The Bertz CT molecular complexity index is 370. The molecule has 0 fully saturated rings. The van der Waals surface area contributed by atoms with E-state index in [1.165, 1.54) is 0 Å². The van der Waals surface area contributed by atoms with Gasteiger partial charge in [0.15, 0.2) is 0 Å². The van der Waals surface area contributed by atoms with Gasteiger partial charge >= 0.3 is 0 Å². The molecular weight excluding hydrogens is 273 g/mol. The maximum Gasteiger partial charge on any atom is 0.137 e. The highest BCUT2D eigenvalue weighted by atomic mass is 35.5. The molecule has 0 aliphatic carbocycles. The maximum absolute atomic E-state index is 9.13. The number of halogens is 2. The third kappa shape index (κ3) is 5.44. The van der Waals surface area contributed by atoms with Gasteiger partial charge in [0.25, 0.3) is 0 Å². The lowest BCUT2D eigenvalue weighted by Crippen LogP contribution is -3.00. The molecule has 1 aromatic rings. The molecule has 0 spiro atoms. The van der Waals surface area contributed by atoms with E-state index in [1.807, 2.05) is 39.0 Å². The Morgan fingerprint density at radius 3 is 2.56 bits per heavy atom. The van der Waals surface area contributed by atoms with Crippen molar-refractivity contribution < 1.29 is 22.3 Å². The van der Waals surface area contributed by atoms with Crippen molar-refractivity contribution >= 4 is 11.6 Å². The molecule has 5 heteroatoms. The van der Waals surface area contributed by atoms with E-state index in [9.17, 15) is 0 Å². The van der Waals surface area contributed by atoms with Crippen molar-refractivity contribution in [2.45, 2.75) is 32.9 Å². The van der Waals surface area contributed by atoms with Crippen molar-refractivity contribution in [3.63, 3.8) is 0 Å². The van der Waals surface area contributed by atoms with E-state index in [0.29, 0.717) is 23.9 Å². The fourth-order valence-corrected chi connectivity index (χ4v) is 1.58. The smallest absolute Gasteiger partial charge is 0.137 e. The van der Waals surface area contributed by atoms with Crippen LogP contribution in [0.3, 0.4) is 0 Å². The number of hydrogen-bond donors (Lipinski definition) is 2. The zero-order valence-electron chi connectivity index (χ0n) is 11.0. The molecule has 3 nitrogen and oxygen atoms in total. The molecule has 2 N–H and O–H groups in total. The van der Waals surface area contributed by atoms with E-state index in [2.05, 4.69) is 5.32 Å². The van der Waals surface area contributed by atoms with Gasteiger partial charge in [-0.2, -0.15) is 0 Å². The zero-order chi connectivity index (χ0) is 12.9. The fraction of sp³-hybridized carbons (Fsp3) is 0.538. The number of hydrogen-bond acceptors (Lipinski definition) is 3. The van der Waals surface area contributed by atoms with Gasteiger partial charge in [-0.1, -0.05) is 17.7 Å². The zero-order valence-corrected chi connectivity index (χ0v) is 12.5. The molecule has 0 bridgehead atoms. The highest BCUT2D eigenvalue weighted by Crippen LogP contribution is 2.25. The molecule has 18 heavy (non-hydrogen) atoms. The van der Waals surface area contributed by atoms with Crippen LogP contribution in [0.15, 0.2) is 18.2 Å². The number of aliphatic hydroxyl groups is 1. The molecule has 1 rings (SSSR count). The first-order valence-corrected chi connectivity index (χ1v) is 6.13. The minimum atomic E-state index is -0.287. The van der Waals surface area contributed by atoms with Crippen LogP contribution >= 0.6 is 11.6 Å². The number of benzene rings is 1. The van der Waals surface area contributed by atoms with Gasteiger partial charge in [-0.25, -0.2) is 0 Å². The van der Waals surface area contributed by atoms with Crippen LogP contribution in [0.4, 0.5) is 0 Å². The predicted octanol–water partition coefficient (Wildman–Crippen LogP) is -0.397. The summed E-state index contributed by atoms with van der Waals surface area (Å²) in [5, 5.41) is 13.0. The molecular formula is C13H20Cl2NO2-. The third-order valence-electron chi connectivity index (χ3n) is 2.46. The monoisotopic (exact) mass is 292 g/mol. The van der Waals surface area contributed by atoms with E-state index >= 15 is 0 Å². The van der Waals surface area contributed by atoms with Crippen molar-refractivity contribution in [3.8, 4) is 5.75 Å². The van der Waals surface area contributed by atoms with Gasteiger partial charge in [0, 0.05) is 12.1 Å². The number of aliphatic hydroxyl groups excluding tert-OH is 1. The van der Waals surface area contributed by atoms with Gasteiger partial charge in [0.05, 0.1) is 18.2 Å². The predicted molar refractivity (Wildman–Crippen MR) is 70.6 cm³/mol. The molecule has 0 radical (unpaired) electrons. The van der Waals surface area contributed by atoms with Gasteiger partial charge in [-0.05, 0) is 38.5 Å². The van der Waals surface area contributed by atoms with Crippen LogP contribution in [0.5, 0.6) is 5.75 Å². The van der Waals surface area contributed by atoms with Crippen LogP contribution in [0.1, 0.15) is 26.3 Å². The second-order valence-corrected chi connectivity index (χ2v) is 5.00. The Hall–Kier alpha value is -0.480. The van der Waals surface area contributed by atoms with E-state index in [1.54, 1.807) is 0 Å². The lowest BCUT2D eigenvalue weighted by Gasteiger charge is -2.23. The number of nitrogens with one attached hydrogen (secondary N) is 1. The van der Waals surface area contributed by atoms with Crippen LogP contribution in [-0.4, -0.2) is 23.9 Å². The van der Waals surface area contributed by atoms with E-state index in [4.69, 9.17) is 21.4 Å². The average Bonchev–Trinajstić information content (AvgIpc) is 2.30. The molecule has 0 atom stereocenters. The number of rotatable bonds is 6. The lowest BCUT2D eigenvalue weighted by atomic mass is 10.1. The third-order valence-corrected chi connectivity index (χ3v) is 2.76. The van der Waals surface area contributed by atoms with Crippen LogP contribution in [0, 0.1) is 0 Å². The molecule has 104 valence electrons. The summed E-state index contributed by atoms with van der Waals surface area (Å²) in [6.07, 6.45) is 0. The molecule has 0 aromatic heterocycles. The average molecular weight is 293 g/mol. The minimum Gasteiger partial charge on any atom is -1.00 e. The summed E-state index contributed by atoms with van der Waals surface area (Å²) in [5.41, 5.74) is 0.783. The maximum atomic E-state index is 9.13. The molecule has 0 aliphatic rings. The second-order valence-electron chi connectivity index (χ2n) is 4.59. The molecule has 0 unspecified atom stereocenters. The fourth-order valence-electron chi connectivity index (χ4n) is 1.32. The first-order chi connectivity index (χ1) is 7.98. The SMILES string of the molecule is CCOc1ccc(CNC(C)(C)CO)cc1Cl.[Cl-]. The summed E-state index contributed by atoms with van der Waals surface area (Å²) in [5.74, 6) is 0.708. The topological polar surface area (TPSA) is 41.5 Å². The van der Waals surface area contributed by atoms with Gasteiger partial charge in [-0.3, -0.25) is 0 Å².